The van der Waals surface area contributed by atoms with Crippen molar-refractivity contribution in [3.8, 4) is 11.5 Å². The quantitative estimate of drug-likeness (QED) is 0.851. The molecule has 1 amide bonds. The first-order chi connectivity index (χ1) is 12.6. The fourth-order valence-corrected chi connectivity index (χ4v) is 3.73. The highest BCUT2D eigenvalue weighted by Crippen LogP contribution is 2.41. The van der Waals surface area contributed by atoms with Gasteiger partial charge in [0.15, 0.2) is 0 Å². The van der Waals surface area contributed by atoms with E-state index in [4.69, 9.17) is 9.47 Å². The molecular formula is C21H24FNO3. The lowest BCUT2D eigenvalue weighted by atomic mass is 9.78. The van der Waals surface area contributed by atoms with Crippen LogP contribution in [0.25, 0.3) is 0 Å². The summed E-state index contributed by atoms with van der Waals surface area (Å²) >= 11 is 0. The number of methoxy groups -OCH3 is 2. The van der Waals surface area contributed by atoms with E-state index in [1.165, 1.54) is 12.1 Å². The van der Waals surface area contributed by atoms with Gasteiger partial charge in [-0.3, -0.25) is 4.79 Å². The highest BCUT2D eigenvalue weighted by Gasteiger charge is 2.42. The summed E-state index contributed by atoms with van der Waals surface area (Å²) in [6.45, 7) is 0.365. The molecule has 0 saturated heterocycles. The molecule has 2 aromatic carbocycles. The number of rotatable bonds is 6. The molecule has 26 heavy (non-hydrogen) atoms. The van der Waals surface area contributed by atoms with Gasteiger partial charge >= 0.3 is 0 Å². The second kappa shape index (κ2) is 7.77. The summed E-state index contributed by atoms with van der Waals surface area (Å²) in [5, 5.41) is 3.03. The van der Waals surface area contributed by atoms with E-state index in [2.05, 4.69) is 5.32 Å². The van der Waals surface area contributed by atoms with E-state index in [9.17, 15) is 9.18 Å². The highest BCUT2D eigenvalue weighted by atomic mass is 19.1. The molecule has 0 radical (unpaired) electrons. The Morgan fingerprint density at radius 2 is 1.73 bits per heavy atom. The Hall–Kier alpha value is -2.56. The molecule has 3 rings (SSSR count). The number of nitrogens with one attached hydrogen (secondary N) is 1. The largest absolute Gasteiger partial charge is 0.497 e. The number of ether oxygens (including phenoxy) is 2. The van der Waals surface area contributed by atoms with Crippen LogP contribution < -0.4 is 14.8 Å². The molecule has 0 aliphatic heterocycles. The third kappa shape index (κ3) is 3.66. The van der Waals surface area contributed by atoms with Gasteiger partial charge in [-0.15, -0.1) is 0 Å². The van der Waals surface area contributed by atoms with Crippen LogP contribution in [0.15, 0.2) is 42.5 Å². The molecular weight excluding hydrogens is 333 g/mol. The van der Waals surface area contributed by atoms with Gasteiger partial charge in [0.2, 0.25) is 5.91 Å². The number of carbonyl (C=O) groups is 1. The number of amides is 1. The predicted octanol–water partition coefficient (Wildman–Crippen LogP) is 3.97. The summed E-state index contributed by atoms with van der Waals surface area (Å²) in [6.07, 6.45) is 3.42. The van der Waals surface area contributed by atoms with E-state index < -0.39 is 5.41 Å². The van der Waals surface area contributed by atoms with Crippen LogP contribution in [0, 0.1) is 5.82 Å². The van der Waals surface area contributed by atoms with Crippen LogP contribution in [0.2, 0.25) is 0 Å². The molecule has 0 bridgehead atoms. The van der Waals surface area contributed by atoms with Gasteiger partial charge in [-0.2, -0.15) is 0 Å². The van der Waals surface area contributed by atoms with Crippen LogP contribution >= 0.6 is 0 Å². The van der Waals surface area contributed by atoms with Crippen molar-refractivity contribution >= 4 is 5.91 Å². The van der Waals surface area contributed by atoms with Crippen molar-refractivity contribution in [2.45, 2.75) is 37.6 Å². The normalized spacial score (nSPS) is 15.5. The van der Waals surface area contributed by atoms with Crippen molar-refractivity contribution in [3.05, 3.63) is 59.4 Å². The van der Waals surface area contributed by atoms with E-state index in [0.717, 1.165) is 36.8 Å². The van der Waals surface area contributed by atoms with Crippen molar-refractivity contribution in [3.63, 3.8) is 0 Å². The van der Waals surface area contributed by atoms with E-state index in [-0.39, 0.29) is 11.7 Å². The van der Waals surface area contributed by atoms with Gasteiger partial charge in [-0.25, -0.2) is 4.39 Å². The number of benzene rings is 2. The van der Waals surface area contributed by atoms with E-state index >= 15 is 0 Å². The Morgan fingerprint density at radius 1 is 1.08 bits per heavy atom. The van der Waals surface area contributed by atoms with Gasteiger partial charge in [0.25, 0.3) is 0 Å². The maximum Gasteiger partial charge on any atom is 0.230 e. The number of halogens is 1. The predicted molar refractivity (Wildman–Crippen MR) is 97.9 cm³/mol. The van der Waals surface area contributed by atoms with Crippen molar-refractivity contribution in [2.24, 2.45) is 0 Å². The van der Waals surface area contributed by atoms with Gasteiger partial charge in [-0.1, -0.05) is 25.0 Å². The van der Waals surface area contributed by atoms with Gasteiger partial charge in [-0.05, 0) is 48.2 Å². The molecule has 1 aliphatic carbocycles. The molecule has 5 heteroatoms. The average Bonchev–Trinajstić information content (AvgIpc) is 3.17. The molecule has 0 spiro atoms. The molecule has 1 fully saturated rings. The van der Waals surface area contributed by atoms with Crippen LogP contribution in [-0.4, -0.2) is 20.1 Å². The zero-order chi connectivity index (χ0) is 18.6. The summed E-state index contributed by atoms with van der Waals surface area (Å²) in [7, 11) is 3.18. The topological polar surface area (TPSA) is 47.6 Å². The first-order valence-electron chi connectivity index (χ1n) is 8.84. The average molecular weight is 357 g/mol. The van der Waals surface area contributed by atoms with E-state index in [1.807, 2.05) is 18.2 Å². The molecule has 2 aromatic rings. The SMILES string of the molecule is COc1cc(CNC(=O)C2(c3cccc(F)c3)CCCC2)cc(OC)c1. The third-order valence-corrected chi connectivity index (χ3v) is 5.13. The number of hydrogen-bond acceptors (Lipinski definition) is 3. The van der Waals surface area contributed by atoms with Crippen LogP contribution in [0.1, 0.15) is 36.8 Å². The smallest absolute Gasteiger partial charge is 0.230 e. The molecule has 1 aliphatic rings. The van der Waals surface area contributed by atoms with Gasteiger partial charge < -0.3 is 14.8 Å². The Morgan fingerprint density at radius 3 is 2.31 bits per heavy atom. The molecule has 0 heterocycles. The molecule has 0 atom stereocenters. The zero-order valence-electron chi connectivity index (χ0n) is 15.2. The van der Waals surface area contributed by atoms with Crippen LogP contribution in [-0.2, 0) is 16.8 Å². The number of carbonyl (C=O) groups excluding carboxylic acids is 1. The van der Waals surface area contributed by atoms with Crippen molar-refractivity contribution in [1.82, 2.24) is 5.32 Å². The minimum atomic E-state index is -0.648. The van der Waals surface area contributed by atoms with Gasteiger partial charge in [0, 0.05) is 12.6 Å². The molecule has 138 valence electrons. The third-order valence-electron chi connectivity index (χ3n) is 5.13. The number of hydrogen-bond donors (Lipinski definition) is 1. The van der Waals surface area contributed by atoms with Crippen molar-refractivity contribution in [2.75, 3.05) is 14.2 Å². The molecule has 0 aromatic heterocycles. The van der Waals surface area contributed by atoms with Crippen LogP contribution in [0.4, 0.5) is 4.39 Å². The monoisotopic (exact) mass is 357 g/mol. The molecule has 1 N–H and O–H groups in total. The highest BCUT2D eigenvalue weighted by molar-refractivity contribution is 5.88. The van der Waals surface area contributed by atoms with E-state index in [1.54, 1.807) is 26.4 Å². The summed E-state index contributed by atoms with van der Waals surface area (Å²) in [4.78, 5) is 13.1. The maximum absolute atomic E-state index is 13.7. The molecule has 1 saturated carbocycles. The summed E-state index contributed by atoms with van der Waals surface area (Å²) in [6, 6.07) is 11.9. The molecule has 4 nitrogen and oxygen atoms in total. The fourth-order valence-electron chi connectivity index (χ4n) is 3.73. The lowest BCUT2D eigenvalue weighted by molar-refractivity contribution is -0.126. The summed E-state index contributed by atoms with van der Waals surface area (Å²) < 4.78 is 24.3. The Bertz CT molecular complexity index is 762. The van der Waals surface area contributed by atoms with Crippen molar-refractivity contribution < 1.29 is 18.7 Å². The Kier molecular flexibility index (Phi) is 5.45. The van der Waals surface area contributed by atoms with Gasteiger partial charge in [0.05, 0.1) is 19.6 Å². The minimum Gasteiger partial charge on any atom is -0.497 e. The fraction of sp³-hybridized carbons (Fsp3) is 0.381. The Labute approximate surface area is 153 Å². The molecule has 0 unspecified atom stereocenters. The zero-order valence-corrected chi connectivity index (χ0v) is 15.2. The minimum absolute atomic E-state index is 0.0533. The summed E-state index contributed by atoms with van der Waals surface area (Å²) in [5.74, 6) is 0.991. The van der Waals surface area contributed by atoms with Crippen LogP contribution in [0.3, 0.4) is 0 Å². The van der Waals surface area contributed by atoms with Gasteiger partial charge in [0.1, 0.15) is 17.3 Å². The van der Waals surface area contributed by atoms with Crippen LogP contribution in [0.5, 0.6) is 11.5 Å². The Balaban J connectivity index is 1.79. The lowest BCUT2D eigenvalue weighted by Crippen LogP contribution is -2.42. The van der Waals surface area contributed by atoms with E-state index in [0.29, 0.717) is 18.0 Å². The first kappa shape index (κ1) is 18.2. The maximum atomic E-state index is 13.7. The second-order valence-electron chi connectivity index (χ2n) is 6.70. The lowest BCUT2D eigenvalue weighted by Gasteiger charge is -2.28. The second-order valence-corrected chi connectivity index (χ2v) is 6.70. The van der Waals surface area contributed by atoms with Crippen molar-refractivity contribution in [1.29, 1.82) is 0 Å². The standard InChI is InChI=1S/C21H24FNO3/c1-25-18-10-15(11-19(13-18)26-2)14-23-20(24)21(8-3-4-9-21)16-6-5-7-17(22)12-16/h5-7,10-13H,3-4,8-9,14H2,1-2H3,(H,23,24). The summed E-state index contributed by atoms with van der Waals surface area (Å²) in [5.41, 5.74) is 1.00. The first-order valence-corrected chi connectivity index (χ1v) is 8.84.